The van der Waals surface area contributed by atoms with Gasteiger partial charge in [0.15, 0.2) is 5.78 Å². The number of aryl methyl sites for hydroxylation is 1. The molecule has 0 saturated carbocycles. The number of ketones is 1. The molecule has 0 unspecified atom stereocenters. The zero-order valence-corrected chi connectivity index (χ0v) is 9.73. The van der Waals surface area contributed by atoms with Gasteiger partial charge in [-0.2, -0.15) is 0 Å². The molecule has 0 aliphatic heterocycles. The van der Waals surface area contributed by atoms with E-state index in [4.69, 9.17) is 0 Å². The van der Waals surface area contributed by atoms with Gasteiger partial charge in [-0.3, -0.25) is 4.79 Å². The van der Waals surface area contributed by atoms with Crippen molar-refractivity contribution in [3.8, 4) is 0 Å². The summed E-state index contributed by atoms with van der Waals surface area (Å²) in [5.41, 5.74) is 1.20. The first-order valence-corrected chi connectivity index (χ1v) is 5.08. The fourth-order valence-electron chi connectivity index (χ4n) is 1.48. The van der Waals surface area contributed by atoms with Crippen molar-refractivity contribution in [3.05, 3.63) is 35.1 Å². The van der Waals surface area contributed by atoms with Crippen LogP contribution in [0.2, 0.25) is 0 Å². The topological polar surface area (TPSA) is 17.1 Å². The molecule has 1 aromatic carbocycles. The lowest BCUT2D eigenvalue weighted by molar-refractivity contribution is 0.0939. The van der Waals surface area contributed by atoms with Crippen molar-refractivity contribution in [2.75, 3.05) is 0 Å². The summed E-state index contributed by atoms with van der Waals surface area (Å²) in [6.45, 7) is 7.78. The predicted molar refractivity (Wildman–Crippen MR) is 59.5 cm³/mol. The van der Waals surface area contributed by atoms with Gasteiger partial charge < -0.3 is 0 Å². The van der Waals surface area contributed by atoms with Gasteiger partial charge in [-0.25, -0.2) is 4.39 Å². The summed E-state index contributed by atoms with van der Waals surface area (Å²) in [4.78, 5) is 11.8. The minimum atomic E-state index is -0.341. The molecule has 1 aromatic rings. The molecule has 2 heteroatoms. The number of carbonyl (C=O) groups excluding carboxylic acids is 1. The third-order valence-corrected chi connectivity index (χ3v) is 2.05. The van der Waals surface area contributed by atoms with Gasteiger partial charge in [0.25, 0.3) is 0 Å². The second-order valence-corrected chi connectivity index (χ2v) is 5.18. The molecular weight excluding hydrogens is 191 g/mol. The van der Waals surface area contributed by atoms with E-state index in [1.165, 1.54) is 12.1 Å². The summed E-state index contributed by atoms with van der Waals surface area (Å²) in [6, 6.07) is 4.46. The highest BCUT2D eigenvalue weighted by atomic mass is 19.1. The fourth-order valence-corrected chi connectivity index (χ4v) is 1.48. The van der Waals surface area contributed by atoms with Gasteiger partial charge in [0.2, 0.25) is 0 Å². The summed E-state index contributed by atoms with van der Waals surface area (Å²) < 4.78 is 13.1. The van der Waals surface area contributed by atoms with Crippen LogP contribution in [0, 0.1) is 18.2 Å². The molecule has 0 aliphatic rings. The van der Waals surface area contributed by atoms with Crippen molar-refractivity contribution in [1.82, 2.24) is 0 Å². The number of benzene rings is 1. The largest absolute Gasteiger partial charge is 0.294 e. The molecule has 0 spiro atoms. The first-order valence-electron chi connectivity index (χ1n) is 5.08. The summed E-state index contributed by atoms with van der Waals surface area (Å²) in [7, 11) is 0. The van der Waals surface area contributed by atoms with Crippen LogP contribution in [0.3, 0.4) is 0 Å². The fraction of sp³-hybridized carbons (Fsp3) is 0.462. The first kappa shape index (κ1) is 11.9. The molecule has 0 atom stereocenters. The maximum Gasteiger partial charge on any atom is 0.163 e. The average molecular weight is 208 g/mol. The van der Waals surface area contributed by atoms with E-state index in [-0.39, 0.29) is 17.0 Å². The van der Waals surface area contributed by atoms with Crippen molar-refractivity contribution in [3.63, 3.8) is 0 Å². The standard InChI is InChI=1S/C13H17FO/c1-9-5-10(7-11(14)6-9)12(15)8-13(2,3)4/h5-7H,8H2,1-4H3. The van der Waals surface area contributed by atoms with Gasteiger partial charge >= 0.3 is 0 Å². The normalized spacial score (nSPS) is 11.5. The van der Waals surface area contributed by atoms with E-state index in [1.807, 2.05) is 20.8 Å². The summed E-state index contributed by atoms with van der Waals surface area (Å²) in [5.74, 6) is -0.336. The van der Waals surface area contributed by atoms with Crippen molar-refractivity contribution >= 4 is 5.78 Å². The van der Waals surface area contributed by atoms with E-state index in [9.17, 15) is 9.18 Å². The van der Waals surface area contributed by atoms with Crippen LogP contribution in [0.15, 0.2) is 18.2 Å². The molecule has 0 aromatic heterocycles. The number of hydrogen-bond donors (Lipinski definition) is 0. The van der Waals surface area contributed by atoms with Crippen LogP contribution in [0.25, 0.3) is 0 Å². The Labute approximate surface area is 90.3 Å². The lowest BCUT2D eigenvalue weighted by Gasteiger charge is -2.16. The highest BCUT2D eigenvalue weighted by Crippen LogP contribution is 2.22. The third-order valence-electron chi connectivity index (χ3n) is 2.05. The van der Waals surface area contributed by atoms with Crippen LogP contribution in [-0.4, -0.2) is 5.78 Å². The van der Waals surface area contributed by atoms with Crippen LogP contribution in [-0.2, 0) is 0 Å². The molecule has 0 radical (unpaired) electrons. The highest BCUT2D eigenvalue weighted by Gasteiger charge is 2.17. The summed E-state index contributed by atoms with van der Waals surface area (Å²) in [6.07, 6.45) is 0.440. The number of Topliss-reactive ketones (excluding diaryl/α,β-unsaturated/α-hetero) is 1. The van der Waals surface area contributed by atoms with E-state index in [0.717, 1.165) is 5.56 Å². The van der Waals surface area contributed by atoms with Crippen LogP contribution in [0.5, 0.6) is 0 Å². The Kier molecular flexibility index (Phi) is 3.28. The quantitative estimate of drug-likeness (QED) is 0.676. The Morgan fingerprint density at radius 3 is 2.33 bits per heavy atom. The summed E-state index contributed by atoms with van der Waals surface area (Å²) >= 11 is 0. The molecular formula is C13H17FO. The third kappa shape index (κ3) is 3.82. The lowest BCUT2D eigenvalue weighted by atomic mass is 9.87. The number of hydrogen-bond acceptors (Lipinski definition) is 1. The maximum atomic E-state index is 13.1. The van der Waals surface area contributed by atoms with Gasteiger partial charge in [-0.05, 0) is 36.1 Å². The molecule has 0 amide bonds. The van der Waals surface area contributed by atoms with E-state index < -0.39 is 0 Å². The van der Waals surface area contributed by atoms with Gasteiger partial charge in [0, 0.05) is 12.0 Å². The van der Waals surface area contributed by atoms with E-state index >= 15 is 0 Å². The predicted octanol–water partition coefficient (Wildman–Crippen LogP) is 3.75. The Hall–Kier alpha value is -1.18. The second-order valence-electron chi connectivity index (χ2n) is 5.18. The summed E-state index contributed by atoms with van der Waals surface area (Å²) in [5, 5.41) is 0. The Bertz CT molecular complexity index is 354. The van der Waals surface area contributed by atoms with Crippen LogP contribution in [0.1, 0.15) is 43.1 Å². The zero-order chi connectivity index (χ0) is 11.6. The van der Waals surface area contributed by atoms with Crippen molar-refractivity contribution < 1.29 is 9.18 Å². The van der Waals surface area contributed by atoms with E-state index in [1.54, 1.807) is 13.0 Å². The molecule has 1 rings (SSSR count). The van der Waals surface area contributed by atoms with Crippen LogP contribution < -0.4 is 0 Å². The monoisotopic (exact) mass is 208 g/mol. The Morgan fingerprint density at radius 1 is 1.27 bits per heavy atom. The van der Waals surface area contributed by atoms with Crippen LogP contribution >= 0.6 is 0 Å². The molecule has 1 nitrogen and oxygen atoms in total. The molecule has 0 heterocycles. The molecule has 15 heavy (non-hydrogen) atoms. The molecule has 82 valence electrons. The van der Waals surface area contributed by atoms with Gasteiger partial charge in [-0.15, -0.1) is 0 Å². The molecule has 0 aliphatic carbocycles. The second kappa shape index (κ2) is 4.13. The lowest BCUT2D eigenvalue weighted by Crippen LogP contribution is -2.13. The van der Waals surface area contributed by atoms with E-state index in [2.05, 4.69) is 0 Å². The minimum Gasteiger partial charge on any atom is -0.294 e. The Morgan fingerprint density at radius 2 is 1.87 bits per heavy atom. The van der Waals surface area contributed by atoms with Gasteiger partial charge in [0.1, 0.15) is 5.82 Å². The highest BCUT2D eigenvalue weighted by molar-refractivity contribution is 5.96. The van der Waals surface area contributed by atoms with Gasteiger partial charge in [0.05, 0.1) is 0 Å². The molecule has 0 fully saturated rings. The van der Waals surface area contributed by atoms with E-state index in [0.29, 0.717) is 12.0 Å². The molecule has 0 bridgehead atoms. The van der Waals surface area contributed by atoms with Crippen LogP contribution in [0.4, 0.5) is 4.39 Å². The first-order chi connectivity index (χ1) is 6.78. The molecule has 0 N–H and O–H groups in total. The maximum absolute atomic E-state index is 13.1. The van der Waals surface area contributed by atoms with Crippen molar-refractivity contribution in [2.24, 2.45) is 5.41 Å². The number of rotatable bonds is 2. The van der Waals surface area contributed by atoms with Gasteiger partial charge in [-0.1, -0.05) is 20.8 Å². The minimum absolute atomic E-state index is 0.00472. The smallest absolute Gasteiger partial charge is 0.163 e. The Balaban J connectivity index is 2.92. The SMILES string of the molecule is Cc1cc(F)cc(C(=O)CC(C)(C)C)c1. The van der Waals surface area contributed by atoms with Crippen molar-refractivity contribution in [2.45, 2.75) is 34.1 Å². The van der Waals surface area contributed by atoms with Crippen molar-refractivity contribution in [1.29, 1.82) is 0 Å². The zero-order valence-electron chi connectivity index (χ0n) is 9.73. The number of carbonyl (C=O) groups is 1. The molecule has 0 saturated heterocycles. The number of halogens is 1. The average Bonchev–Trinajstić information content (AvgIpc) is 1.98.